The zero-order chi connectivity index (χ0) is 12.8. The number of hydrogen-bond acceptors (Lipinski definition) is 3. The van der Waals surface area contributed by atoms with Crippen molar-refractivity contribution in [3.8, 4) is 11.5 Å². The first-order valence-electron chi connectivity index (χ1n) is 5.37. The molecule has 4 heteroatoms. The molecule has 0 atom stereocenters. The van der Waals surface area contributed by atoms with Crippen LogP contribution in [-0.4, -0.2) is 23.3 Å². The first-order chi connectivity index (χ1) is 8.10. The molecule has 0 aromatic heterocycles. The number of allylic oxidation sites excluding steroid dienone is 1. The molecule has 0 saturated heterocycles. The zero-order valence-corrected chi connectivity index (χ0v) is 9.93. The zero-order valence-electron chi connectivity index (χ0n) is 9.93. The predicted octanol–water partition coefficient (Wildman–Crippen LogP) is 2.67. The van der Waals surface area contributed by atoms with Crippen molar-refractivity contribution in [2.45, 2.75) is 19.8 Å². The normalized spacial score (nSPS) is 11.3. The molecule has 0 aliphatic carbocycles. The topological polar surface area (TPSA) is 66.8 Å². The number of phenolic OH excluding ortho intramolecular Hbond substituents is 1. The number of aromatic hydroxyl groups is 1. The monoisotopic (exact) mass is 236 g/mol. The largest absolute Gasteiger partial charge is 0.504 e. The molecule has 0 spiro atoms. The van der Waals surface area contributed by atoms with Crippen LogP contribution in [0.5, 0.6) is 11.5 Å². The van der Waals surface area contributed by atoms with Crippen LogP contribution in [0.15, 0.2) is 24.3 Å². The van der Waals surface area contributed by atoms with Crippen molar-refractivity contribution in [2.24, 2.45) is 0 Å². The molecule has 0 unspecified atom stereocenters. The van der Waals surface area contributed by atoms with Crippen LogP contribution >= 0.6 is 0 Å². The Morgan fingerprint density at radius 1 is 1.47 bits per heavy atom. The van der Waals surface area contributed by atoms with Crippen molar-refractivity contribution >= 4 is 11.5 Å². The van der Waals surface area contributed by atoms with Gasteiger partial charge in [-0.05, 0) is 18.1 Å². The first-order valence-corrected chi connectivity index (χ1v) is 5.37. The second kappa shape index (κ2) is 5.94. The summed E-state index contributed by atoms with van der Waals surface area (Å²) in [5, 5.41) is 18.6. The molecule has 0 saturated carbocycles. The van der Waals surface area contributed by atoms with Crippen molar-refractivity contribution in [1.82, 2.24) is 0 Å². The fourth-order valence-electron chi connectivity index (χ4n) is 1.60. The van der Waals surface area contributed by atoms with Gasteiger partial charge in [-0.3, -0.25) is 4.79 Å². The van der Waals surface area contributed by atoms with Gasteiger partial charge in [0.1, 0.15) is 0 Å². The van der Waals surface area contributed by atoms with E-state index in [1.165, 1.54) is 7.11 Å². The Hall–Kier alpha value is -1.97. The van der Waals surface area contributed by atoms with Crippen LogP contribution in [-0.2, 0) is 4.79 Å². The second-order valence-electron chi connectivity index (χ2n) is 3.54. The molecule has 92 valence electrons. The smallest absolute Gasteiger partial charge is 0.307 e. The summed E-state index contributed by atoms with van der Waals surface area (Å²) < 4.78 is 5.01. The van der Waals surface area contributed by atoms with E-state index in [4.69, 9.17) is 9.84 Å². The molecule has 0 bridgehead atoms. The third-order valence-electron chi connectivity index (χ3n) is 2.47. The highest BCUT2D eigenvalue weighted by Crippen LogP contribution is 2.35. The number of benzene rings is 1. The number of hydrogen-bond donors (Lipinski definition) is 2. The van der Waals surface area contributed by atoms with Crippen molar-refractivity contribution in [1.29, 1.82) is 0 Å². The van der Waals surface area contributed by atoms with Crippen LogP contribution in [0.3, 0.4) is 0 Å². The SMILES string of the molecule is CC/C(=C\CC(=O)O)c1cccc(OC)c1O. The molecule has 1 aromatic carbocycles. The maximum atomic E-state index is 10.5. The number of ether oxygens (including phenoxy) is 1. The molecule has 4 nitrogen and oxygen atoms in total. The van der Waals surface area contributed by atoms with Crippen molar-refractivity contribution in [3.63, 3.8) is 0 Å². The van der Waals surface area contributed by atoms with E-state index in [2.05, 4.69) is 0 Å². The average molecular weight is 236 g/mol. The van der Waals surface area contributed by atoms with Gasteiger partial charge in [-0.25, -0.2) is 0 Å². The van der Waals surface area contributed by atoms with Crippen LogP contribution in [0.4, 0.5) is 0 Å². The minimum absolute atomic E-state index is 0.0495. The van der Waals surface area contributed by atoms with Gasteiger partial charge in [0.25, 0.3) is 0 Å². The molecule has 17 heavy (non-hydrogen) atoms. The second-order valence-corrected chi connectivity index (χ2v) is 3.54. The first kappa shape index (κ1) is 13.1. The number of carboxylic acid groups (broad SMARTS) is 1. The summed E-state index contributed by atoms with van der Waals surface area (Å²) in [6.07, 6.45) is 2.20. The fourth-order valence-corrected chi connectivity index (χ4v) is 1.60. The minimum Gasteiger partial charge on any atom is -0.504 e. The fraction of sp³-hybridized carbons (Fsp3) is 0.308. The molecule has 0 heterocycles. The number of carboxylic acids is 1. The average Bonchev–Trinajstić information content (AvgIpc) is 2.31. The molecule has 2 N–H and O–H groups in total. The van der Waals surface area contributed by atoms with Crippen LogP contribution in [0.25, 0.3) is 5.57 Å². The number of methoxy groups -OCH3 is 1. The highest BCUT2D eigenvalue weighted by atomic mass is 16.5. The number of rotatable bonds is 5. The van der Waals surface area contributed by atoms with Gasteiger partial charge >= 0.3 is 5.97 Å². The summed E-state index contributed by atoms with van der Waals surface area (Å²) in [5.74, 6) is -0.455. The molecular weight excluding hydrogens is 220 g/mol. The van der Waals surface area contributed by atoms with Crippen LogP contribution in [0.2, 0.25) is 0 Å². The highest BCUT2D eigenvalue weighted by Gasteiger charge is 2.10. The van der Waals surface area contributed by atoms with E-state index >= 15 is 0 Å². The summed E-state index contributed by atoms with van der Waals surface area (Å²) in [5.41, 5.74) is 1.41. The summed E-state index contributed by atoms with van der Waals surface area (Å²) >= 11 is 0. The molecule has 1 rings (SSSR count). The Morgan fingerprint density at radius 2 is 2.18 bits per heavy atom. The Balaban J connectivity index is 3.12. The molecule has 0 aliphatic rings. The molecular formula is C13H16O4. The molecule has 0 aliphatic heterocycles. The van der Waals surface area contributed by atoms with Crippen LogP contribution in [0.1, 0.15) is 25.3 Å². The van der Waals surface area contributed by atoms with Crippen LogP contribution in [0, 0.1) is 0 Å². The van der Waals surface area contributed by atoms with Crippen molar-refractivity contribution < 1.29 is 19.7 Å². The van der Waals surface area contributed by atoms with Gasteiger partial charge in [0.15, 0.2) is 11.5 Å². The summed E-state index contributed by atoms with van der Waals surface area (Å²) in [7, 11) is 1.48. The van der Waals surface area contributed by atoms with Crippen molar-refractivity contribution in [2.75, 3.05) is 7.11 Å². The molecule has 0 amide bonds. The Labute approximate surface area is 100 Å². The quantitative estimate of drug-likeness (QED) is 0.824. The van der Waals surface area contributed by atoms with Crippen molar-refractivity contribution in [3.05, 3.63) is 29.8 Å². The lowest BCUT2D eigenvalue weighted by Gasteiger charge is -2.10. The standard InChI is InChI=1S/C13H16O4/c1-3-9(7-8-12(14)15)10-5-4-6-11(17-2)13(10)16/h4-7,16H,3,8H2,1-2H3,(H,14,15)/b9-7+. The van der Waals surface area contributed by atoms with E-state index in [0.717, 1.165) is 5.57 Å². The predicted molar refractivity (Wildman–Crippen MR) is 65.2 cm³/mol. The summed E-state index contributed by atoms with van der Waals surface area (Å²) in [4.78, 5) is 10.5. The van der Waals surface area contributed by atoms with Gasteiger partial charge in [0, 0.05) is 5.56 Å². The van der Waals surface area contributed by atoms with E-state index in [0.29, 0.717) is 17.7 Å². The van der Waals surface area contributed by atoms with E-state index in [1.807, 2.05) is 6.92 Å². The number of aliphatic carboxylic acids is 1. The maximum Gasteiger partial charge on any atom is 0.307 e. The summed E-state index contributed by atoms with van der Waals surface area (Å²) in [6, 6.07) is 5.16. The lowest BCUT2D eigenvalue weighted by molar-refractivity contribution is -0.135. The van der Waals surface area contributed by atoms with E-state index < -0.39 is 5.97 Å². The third-order valence-corrected chi connectivity index (χ3v) is 2.47. The Bertz CT molecular complexity index is 435. The van der Waals surface area contributed by atoms with Gasteiger partial charge in [-0.2, -0.15) is 0 Å². The Kier molecular flexibility index (Phi) is 4.57. The number of para-hydroxylation sites is 1. The number of phenols is 1. The minimum atomic E-state index is -0.890. The van der Waals surface area contributed by atoms with Gasteiger partial charge in [0.05, 0.1) is 13.5 Å². The van der Waals surface area contributed by atoms with E-state index in [1.54, 1.807) is 24.3 Å². The van der Waals surface area contributed by atoms with Gasteiger partial charge in [-0.15, -0.1) is 0 Å². The highest BCUT2D eigenvalue weighted by molar-refractivity contribution is 5.77. The molecule has 0 radical (unpaired) electrons. The molecule has 1 aromatic rings. The van der Waals surface area contributed by atoms with Gasteiger partial charge in [-0.1, -0.05) is 25.1 Å². The van der Waals surface area contributed by atoms with Gasteiger partial charge in [0.2, 0.25) is 0 Å². The Morgan fingerprint density at radius 3 is 2.71 bits per heavy atom. The van der Waals surface area contributed by atoms with E-state index in [-0.39, 0.29) is 12.2 Å². The lowest BCUT2D eigenvalue weighted by atomic mass is 10.0. The lowest BCUT2D eigenvalue weighted by Crippen LogP contribution is -1.93. The number of carbonyl (C=O) groups is 1. The maximum absolute atomic E-state index is 10.5. The van der Waals surface area contributed by atoms with E-state index in [9.17, 15) is 9.90 Å². The van der Waals surface area contributed by atoms with Crippen LogP contribution < -0.4 is 4.74 Å². The summed E-state index contributed by atoms with van der Waals surface area (Å²) in [6.45, 7) is 1.91. The van der Waals surface area contributed by atoms with Gasteiger partial charge < -0.3 is 14.9 Å². The molecule has 0 fully saturated rings. The third kappa shape index (κ3) is 3.24.